The second-order valence-electron chi connectivity index (χ2n) is 5.12. The number of nitrogens with one attached hydrogen (secondary N) is 2. The molecule has 0 radical (unpaired) electrons. The van der Waals surface area contributed by atoms with Crippen LogP contribution in [-0.2, 0) is 11.2 Å². The summed E-state index contributed by atoms with van der Waals surface area (Å²) in [6.07, 6.45) is 2.27. The Kier molecular flexibility index (Phi) is 5.91. The summed E-state index contributed by atoms with van der Waals surface area (Å²) in [6, 6.07) is 9.39. The third-order valence-electron chi connectivity index (χ3n) is 3.35. The lowest BCUT2D eigenvalue weighted by Gasteiger charge is -2.15. The van der Waals surface area contributed by atoms with Crippen LogP contribution in [0.15, 0.2) is 42.6 Å². The fourth-order valence-corrected chi connectivity index (χ4v) is 2.04. The van der Waals surface area contributed by atoms with Crippen LogP contribution in [0.2, 0.25) is 0 Å². The first-order chi connectivity index (χ1) is 11.1. The number of aromatic nitrogens is 1. The third-order valence-corrected chi connectivity index (χ3v) is 3.35. The van der Waals surface area contributed by atoms with Crippen LogP contribution < -0.4 is 15.4 Å². The lowest BCUT2D eigenvalue weighted by molar-refractivity contribution is -0.121. The van der Waals surface area contributed by atoms with Crippen LogP contribution in [0.4, 0.5) is 10.1 Å². The summed E-state index contributed by atoms with van der Waals surface area (Å²) in [6.45, 7) is 2.27. The van der Waals surface area contributed by atoms with Gasteiger partial charge in [0.05, 0.1) is 19.0 Å². The van der Waals surface area contributed by atoms with Gasteiger partial charge in [-0.15, -0.1) is 0 Å². The number of ether oxygens (including phenoxy) is 1. The Hall–Kier alpha value is -2.63. The normalized spacial score (nSPS) is 11.6. The molecule has 1 aromatic carbocycles. The van der Waals surface area contributed by atoms with Crippen molar-refractivity contribution >= 4 is 11.6 Å². The maximum Gasteiger partial charge on any atom is 0.242 e. The van der Waals surface area contributed by atoms with E-state index in [9.17, 15) is 9.18 Å². The van der Waals surface area contributed by atoms with E-state index in [1.807, 2.05) is 0 Å². The summed E-state index contributed by atoms with van der Waals surface area (Å²) < 4.78 is 17.8. The van der Waals surface area contributed by atoms with Gasteiger partial charge in [-0.25, -0.2) is 9.37 Å². The maximum atomic E-state index is 12.8. The van der Waals surface area contributed by atoms with E-state index in [1.165, 1.54) is 12.1 Å². The molecule has 0 saturated carbocycles. The Morgan fingerprint density at radius 1 is 1.26 bits per heavy atom. The molecule has 6 heteroatoms. The molecule has 2 rings (SSSR count). The topological polar surface area (TPSA) is 63.2 Å². The van der Waals surface area contributed by atoms with E-state index in [0.29, 0.717) is 18.8 Å². The highest BCUT2D eigenvalue weighted by molar-refractivity contribution is 5.84. The number of amides is 1. The van der Waals surface area contributed by atoms with Gasteiger partial charge in [0.1, 0.15) is 11.9 Å². The number of benzene rings is 1. The van der Waals surface area contributed by atoms with Crippen molar-refractivity contribution in [2.24, 2.45) is 0 Å². The van der Waals surface area contributed by atoms with E-state index < -0.39 is 6.04 Å². The molecule has 122 valence electrons. The standard InChI is InChI=1S/C17H20FN3O2/c1-12(21-15-7-8-16(23-2)20-11-15)17(22)19-10-9-13-3-5-14(18)6-4-13/h3-8,11-12,21H,9-10H2,1-2H3,(H,19,22). The molecule has 0 fully saturated rings. The summed E-state index contributed by atoms with van der Waals surface area (Å²) >= 11 is 0. The Balaban J connectivity index is 1.76. The molecule has 1 amide bonds. The molecule has 2 aromatic rings. The van der Waals surface area contributed by atoms with Crippen LogP contribution in [-0.4, -0.2) is 30.6 Å². The Morgan fingerprint density at radius 2 is 2.00 bits per heavy atom. The van der Waals surface area contributed by atoms with E-state index in [-0.39, 0.29) is 11.7 Å². The molecule has 0 aliphatic heterocycles. The number of carbonyl (C=O) groups is 1. The minimum absolute atomic E-state index is 0.108. The molecule has 0 spiro atoms. The number of methoxy groups -OCH3 is 1. The monoisotopic (exact) mass is 317 g/mol. The number of carbonyl (C=O) groups excluding carboxylic acids is 1. The Morgan fingerprint density at radius 3 is 2.61 bits per heavy atom. The molecule has 1 aromatic heterocycles. The van der Waals surface area contributed by atoms with Crippen molar-refractivity contribution in [3.63, 3.8) is 0 Å². The molecule has 1 unspecified atom stereocenters. The predicted octanol–water partition coefficient (Wildman–Crippen LogP) is 2.39. The molecule has 2 N–H and O–H groups in total. The van der Waals surface area contributed by atoms with Crippen LogP contribution >= 0.6 is 0 Å². The van der Waals surface area contributed by atoms with E-state index >= 15 is 0 Å². The van der Waals surface area contributed by atoms with Crippen LogP contribution in [0.25, 0.3) is 0 Å². The average Bonchev–Trinajstić information content (AvgIpc) is 2.57. The first-order valence-electron chi connectivity index (χ1n) is 7.37. The fourth-order valence-electron chi connectivity index (χ4n) is 2.04. The average molecular weight is 317 g/mol. The third kappa shape index (κ3) is 5.25. The largest absolute Gasteiger partial charge is 0.481 e. The summed E-state index contributed by atoms with van der Waals surface area (Å²) in [5.74, 6) is 0.151. The zero-order valence-corrected chi connectivity index (χ0v) is 13.2. The van der Waals surface area contributed by atoms with Crippen molar-refractivity contribution in [3.8, 4) is 5.88 Å². The van der Waals surface area contributed by atoms with E-state index in [2.05, 4.69) is 15.6 Å². The SMILES string of the molecule is COc1ccc(NC(C)C(=O)NCCc2ccc(F)cc2)cn1. The highest BCUT2D eigenvalue weighted by atomic mass is 19.1. The van der Waals surface area contributed by atoms with Gasteiger partial charge in [-0.1, -0.05) is 12.1 Å². The summed E-state index contributed by atoms with van der Waals surface area (Å²) in [5.41, 5.74) is 1.72. The zero-order valence-electron chi connectivity index (χ0n) is 13.2. The number of halogens is 1. The highest BCUT2D eigenvalue weighted by Gasteiger charge is 2.12. The van der Waals surface area contributed by atoms with Crippen LogP contribution in [0, 0.1) is 5.82 Å². The van der Waals surface area contributed by atoms with Gasteiger partial charge in [0.25, 0.3) is 0 Å². The van der Waals surface area contributed by atoms with Crippen LogP contribution in [0.5, 0.6) is 5.88 Å². The van der Waals surface area contributed by atoms with Gasteiger partial charge < -0.3 is 15.4 Å². The van der Waals surface area contributed by atoms with Crippen molar-refractivity contribution in [1.29, 1.82) is 0 Å². The van der Waals surface area contributed by atoms with Crippen molar-refractivity contribution in [3.05, 3.63) is 54.0 Å². The van der Waals surface area contributed by atoms with Gasteiger partial charge in [0.2, 0.25) is 11.8 Å². The van der Waals surface area contributed by atoms with Gasteiger partial charge in [-0.05, 0) is 37.1 Å². The lowest BCUT2D eigenvalue weighted by Crippen LogP contribution is -2.38. The van der Waals surface area contributed by atoms with Crippen LogP contribution in [0.3, 0.4) is 0 Å². The summed E-state index contributed by atoms with van der Waals surface area (Å²) in [7, 11) is 1.55. The molecule has 0 saturated heterocycles. The minimum atomic E-state index is -0.390. The molecular formula is C17H20FN3O2. The fraction of sp³-hybridized carbons (Fsp3) is 0.294. The quantitative estimate of drug-likeness (QED) is 0.823. The Bertz CT molecular complexity index is 629. The van der Waals surface area contributed by atoms with Gasteiger partial charge in [-0.2, -0.15) is 0 Å². The zero-order chi connectivity index (χ0) is 16.7. The predicted molar refractivity (Wildman–Crippen MR) is 87.0 cm³/mol. The minimum Gasteiger partial charge on any atom is -0.481 e. The number of hydrogen-bond acceptors (Lipinski definition) is 4. The molecule has 0 aliphatic rings. The van der Waals surface area contributed by atoms with Crippen molar-refractivity contribution in [2.75, 3.05) is 19.0 Å². The molecule has 5 nitrogen and oxygen atoms in total. The van der Waals surface area contributed by atoms with E-state index in [0.717, 1.165) is 11.3 Å². The van der Waals surface area contributed by atoms with Crippen molar-refractivity contribution in [1.82, 2.24) is 10.3 Å². The highest BCUT2D eigenvalue weighted by Crippen LogP contribution is 2.12. The van der Waals surface area contributed by atoms with Gasteiger partial charge in [0.15, 0.2) is 0 Å². The molecule has 1 atom stereocenters. The number of nitrogens with zero attached hydrogens (tertiary/aromatic N) is 1. The molecule has 0 bridgehead atoms. The number of rotatable bonds is 7. The summed E-state index contributed by atoms with van der Waals surface area (Å²) in [5, 5.41) is 5.92. The van der Waals surface area contributed by atoms with Crippen LogP contribution in [0.1, 0.15) is 12.5 Å². The second-order valence-corrected chi connectivity index (χ2v) is 5.12. The van der Waals surface area contributed by atoms with Gasteiger partial charge in [-0.3, -0.25) is 4.79 Å². The number of pyridine rings is 1. The van der Waals surface area contributed by atoms with E-state index in [1.54, 1.807) is 44.5 Å². The second kappa shape index (κ2) is 8.12. The first kappa shape index (κ1) is 16.7. The van der Waals surface area contributed by atoms with Gasteiger partial charge >= 0.3 is 0 Å². The molecule has 1 heterocycles. The molecule has 23 heavy (non-hydrogen) atoms. The first-order valence-corrected chi connectivity index (χ1v) is 7.37. The van der Waals surface area contributed by atoms with Crippen molar-refractivity contribution in [2.45, 2.75) is 19.4 Å². The smallest absolute Gasteiger partial charge is 0.242 e. The van der Waals surface area contributed by atoms with Crippen molar-refractivity contribution < 1.29 is 13.9 Å². The maximum absolute atomic E-state index is 12.8. The summed E-state index contributed by atoms with van der Waals surface area (Å²) in [4.78, 5) is 16.1. The Labute approximate surface area is 134 Å². The van der Waals surface area contributed by atoms with E-state index in [4.69, 9.17) is 4.74 Å². The lowest BCUT2D eigenvalue weighted by atomic mass is 10.1. The molecular weight excluding hydrogens is 297 g/mol. The number of anilines is 1. The molecule has 0 aliphatic carbocycles. The van der Waals surface area contributed by atoms with Gasteiger partial charge in [0, 0.05) is 12.6 Å². The number of hydrogen-bond donors (Lipinski definition) is 2.